The second-order valence-electron chi connectivity index (χ2n) is 4.02. The van der Waals surface area contributed by atoms with Crippen LogP contribution in [0.1, 0.15) is 23.7 Å². The molecule has 17 heavy (non-hydrogen) atoms. The number of fused-ring (bicyclic) bond motifs is 1. The van der Waals surface area contributed by atoms with Gasteiger partial charge in [0, 0.05) is 12.1 Å². The number of likely N-dealkylation sites (N-methyl/N-ethyl adjacent to an activating group) is 1. The van der Waals surface area contributed by atoms with Crippen molar-refractivity contribution in [1.82, 2.24) is 4.90 Å². The van der Waals surface area contributed by atoms with Crippen LogP contribution in [-0.4, -0.2) is 29.8 Å². The Hall–Kier alpha value is -1.55. The van der Waals surface area contributed by atoms with Crippen LogP contribution < -0.4 is 5.32 Å². The van der Waals surface area contributed by atoms with Crippen molar-refractivity contribution in [3.8, 4) is 0 Å². The minimum Gasteiger partial charge on any atom is -0.330 e. The van der Waals surface area contributed by atoms with E-state index in [4.69, 9.17) is 11.6 Å². The number of amides is 2. The maximum absolute atomic E-state index is 12.2. The highest BCUT2D eigenvalue weighted by Gasteiger charge is 2.31. The lowest BCUT2D eigenvalue weighted by Gasteiger charge is -2.22. The van der Waals surface area contributed by atoms with E-state index in [1.165, 1.54) is 4.90 Å². The van der Waals surface area contributed by atoms with Crippen molar-refractivity contribution in [2.75, 3.05) is 12.4 Å². The Morgan fingerprint density at radius 2 is 2.12 bits per heavy atom. The molecule has 0 aromatic heterocycles. The van der Waals surface area contributed by atoms with Crippen molar-refractivity contribution in [2.24, 2.45) is 0 Å². The zero-order valence-electron chi connectivity index (χ0n) is 9.66. The van der Waals surface area contributed by atoms with Crippen LogP contribution in [0, 0.1) is 0 Å². The molecular weight excluding hydrogens is 240 g/mol. The fourth-order valence-corrected chi connectivity index (χ4v) is 2.16. The molecule has 0 fully saturated rings. The lowest BCUT2D eigenvalue weighted by molar-refractivity contribution is -0.120. The molecule has 0 saturated heterocycles. The van der Waals surface area contributed by atoms with Gasteiger partial charge in [0.05, 0.1) is 11.3 Å². The third-order valence-electron chi connectivity index (χ3n) is 2.95. The molecule has 4 nitrogen and oxygen atoms in total. The molecule has 0 aliphatic carbocycles. The van der Waals surface area contributed by atoms with E-state index in [1.54, 1.807) is 25.2 Å². The molecule has 0 bridgehead atoms. The number of nitrogens with one attached hydrogen (secondary N) is 1. The van der Waals surface area contributed by atoms with Crippen molar-refractivity contribution in [2.45, 2.75) is 19.4 Å². The molecule has 1 atom stereocenters. The van der Waals surface area contributed by atoms with Crippen molar-refractivity contribution >= 4 is 29.1 Å². The smallest absolute Gasteiger partial charge is 0.256 e. The van der Waals surface area contributed by atoms with E-state index in [0.29, 0.717) is 22.7 Å². The van der Waals surface area contributed by atoms with E-state index in [0.717, 1.165) is 0 Å². The Morgan fingerprint density at radius 1 is 1.41 bits per heavy atom. The number of benzene rings is 1. The standard InChI is InChI=1S/C12H13ClN2O2/c1-3-10-11(16)14-9-6-7(13)4-5-8(9)12(17)15(10)2/h4-6,10H,3H2,1-2H3,(H,14,16)/t10-/m1/s1. The van der Waals surface area contributed by atoms with Crippen LogP contribution >= 0.6 is 11.6 Å². The Balaban J connectivity index is 2.52. The van der Waals surface area contributed by atoms with Gasteiger partial charge < -0.3 is 10.2 Å². The first-order valence-corrected chi connectivity index (χ1v) is 5.80. The molecule has 1 N–H and O–H groups in total. The highest BCUT2D eigenvalue weighted by molar-refractivity contribution is 6.31. The summed E-state index contributed by atoms with van der Waals surface area (Å²) < 4.78 is 0. The zero-order valence-corrected chi connectivity index (χ0v) is 10.4. The molecule has 1 aliphatic rings. The Kier molecular flexibility index (Phi) is 3.07. The molecule has 90 valence electrons. The van der Waals surface area contributed by atoms with Gasteiger partial charge in [-0.1, -0.05) is 18.5 Å². The summed E-state index contributed by atoms with van der Waals surface area (Å²) in [7, 11) is 1.64. The van der Waals surface area contributed by atoms with Crippen LogP contribution in [0.5, 0.6) is 0 Å². The van der Waals surface area contributed by atoms with Gasteiger partial charge in [-0.05, 0) is 24.6 Å². The molecule has 1 aromatic rings. The van der Waals surface area contributed by atoms with E-state index in [9.17, 15) is 9.59 Å². The van der Waals surface area contributed by atoms with Gasteiger partial charge in [0.15, 0.2) is 0 Å². The number of hydrogen-bond donors (Lipinski definition) is 1. The van der Waals surface area contributed by atoms with Crippen LogP contribution in [0.25, 0.3) is 0 Å². The van der Waals surface area contributed by atoms with E-state index in [1.807, 2.05) is 6.92 Å². The molecule has 5 heteroatoms. The largest absolute Gasteiger partial charge is 0.330 e. The Labute approximate surface area is 105 Å². The molecule has 1 heterocycles. The summed E-state index contributed by atoms with van der Waals surface area (Å²) in [5.74, 6) is -0.341. The van der Waals surface area contributed by atoms with Crippen LogP contribution in [0.2, 0.25) is 5.02 Å². The molecule has 2 amide bonds. The Morgan fingerprint density at radius 3 is 2.76 bits per heavy atom. The second-order valence-corrected chi connectivity index (χ2v) is 4.46. The summed E-state index contributed by atoms with van der Waals surface area (Å²) in [6, 6.07) is 4.44. The summed E-state index contributed by atoms with van der Waals surface area (Å²) in [4.78, 5) is 25.5. The van der Waals surface area contributed by atoms with Crippen LogP contribution in [0.4, 0.5) is 5.69 Å². The molecule has 1 aliphatic heterocycles. The number of nitrogens with zero attached hydrogens (tertiary/aromatic N) is 1. The van der Waals surface area contributed by atoms with Crippen molar-refractivity contribution in [3.63, 3.8) is 0 Å². The monoisotopic (exact) mass is 252 g/mol. The third kappa shape index (κ3) is 2.00. The predicted octanol–water partition coefficient (Wildman–Crippen LogP) is 2.14. The number of rotatable bonds is 1. The maximum atomic E-state index is 12.2. The number of halogens is 1. The number of carbonyl (C=O) groups excluding carboxylic acids is 2. The van der Waals surface area contributed by atoms with Crippen LogP contribution in [-0.2, 0) is 4.79 Å². The van der Waals surface area contributed by atoms with E-state index < -0.39 is 6.04 Å². The summed E-state index contributed by atoms with van der Waals surface area (Å²) in [5.41, 5.74) is 0.955. The van der Waals surface area contributed by atoms with Gasteiger partial charge in [0.25, 0.3) is 5.91 Å². The summed E-state index contributed by atoms with van der Waals surface area (Å²) in [6.07, 6.45) is 0.579. The summed E-state index contributed by atoms with van der Waals surface area (Å²) >= 11 is 5.86. The minimum atomic E-state index is -0.436. The first kappa shape index (κ1) is 11.9. The first-order chi connectivity index (χ1) is 8.04. The van der Waals surface area contributed by atoms with Gasteiger partial charge in [-0.2, -0.15) is 0 Å². The van der Waals surface area contributed by atoms with E-state index in [2.05, 4.69) is 5.32 Å². The molecular formula is C12H13ClN2O2. The Bertz CT molecular complexity index is 487. The average Bonchev–Trinajstić information content (AvgIpc) is 2.36. The van der Waals surface area contributed by atoms with Crippen molar-refractivity contribution < 1.29 is 9.59 Å². The maximum Gasteiger partial charge on any atom is 0.256 e. The number of anilines is 1. The molecule has 0 unspecified atom stereocenters. The van der Waals surface area contributed by atoms with Gasteiger partial charge in [-0.15, -0.1) is 0 Å². The van der Waals surface area contributed by atoms with Gasteiger partial charge in [0.2, 0.25) is 5.91 Å². The summed E-state index contributed by atoms with van der Waals surface area (Å²) in [6.45, 7) is 1.87. The zero-order chi connectivity index (χ0) is 12.6. The molecule has 0 radical (unpaired) electrons. The van der Waals surface area contributed by atoms with Crippen LogP contribution in [0.15, 0.2) is 18.2 Å². The van der Waals surface area contributed by atoms with E-state index in [-0.39, 0.29) is 11.8 Å². The molecule has 0 saturated carbocycles. The quantitative estimate of drug-likeness (QED) is 0.833. The van der Waals surface area contributed by atoms with Gasteiger partial charge in [-0.3, -0.25) is 9.59 Å². The van der Waals surface area contributed by atoms with Crippen molar-refractivity contribution in [3.05, 3.63) is 28.8 Å². The highest BCUT2D eigenvalue weighted by atomic mass is 35.5. The lowest BCUT2D eigenvalue weighted by Crippen LogP contribution is -2.42. The summed E-state index contributed by atoms with van der Waals surface area (Å²) in [5, 5.41) is 3.23. The third-order valence-corrected chi connectivity index (χ3v) is 3.18. The first-order valence-electron chi connectivity index (χ1n) is 5.42. The van der Waals surface area contributed by atoms with E-state index >= 15 is 0 Å². The lowest BCUT2D eigenvalue weighted by atomic mass is 10.1. The number of carbonyl (C=O) groups is 2. The fraction of sp³-hybridized carbons (Fsp3) is 0.333. The topological polar surface area (TPSA) is 49.4 Å². The SMILES string of the molecule is CC[C@@H]1C(=O)Nc2cc(Cl)ccc2C(=O)N1C. The molecule has 0 spiro atoms. The minimum absolute atomic E-state index is 0.165. The normalized spacial score (nSPS) is 19.7. The van der Waals surface area contributed by atoms with Crippen molar-refractivity contribution in [1.29, 1.82) is 0 Å². The average molecular weight is 253 g/mol. The molecule has 2 rings (SSSR count). The van der Waals surface area contributed by atoms with Gasteiger partial charge in [-0.25, -0.2) is 0 Å². The number of hydrogen-bond acceptors (Lipinski definition) is 2. The second kappa shape index (κ2) is 4.37. The van der Waals surface area contributed by atoms with Gasteiger partial charge >= 0.3 is 0 Å². The fourth-order valence-electron chi connectivity index (χ4n) is 1.99. The van der Waals surface area contributed by atoms with Gasteiger partial charge in [0.1, 0.15) is 6.04 Å². The molecule has 1 aromatic carbocycles. The predicted molar refractivity (Wildman–Crippen MR) is 66.3 cm³/mol. The van der Waals surface area contributed by atoms with Crippen LogP contribution in [0.3, 0.4) is 0 Å². The highest BCUT2D eigenvalue weighted by Crippen LogP contribution is 2.26.